The molecule has 1 nitrogen and oxygen atoms in total. The lowest BCUT2D eigenvalue weighted by molar-refractivity contribution is 0.102. The van der Waals surface area contributed by atoms with Crippen LogP contribution in [0.2, 0.25) is 0 Å². The SMILES string of the molecule is Cc1cc(C)c(C(=O)CSCc2ccccc2C)c(C)c1. The fraction of sp³-hybridized carbons (Fsp3) is 0.316. The molecule has 0 amide bonds. The zero-order valence-electron chi connectivity index (χ0n) is 13.2. The van der Waals surface area contributed by atoms with Gasteiger partial charge in [0.1, 0.15) is 0 Å². The number of ketones is 1. The smallest absolute Gasteiger partial charge is 0.173 e. The maximum atomic E-state index is 12.5. The molecule has 0 aliphatic heterocycles. The Morgan fingerprint density at radius 2 is 1.57 bits per heavy atom. The molecule has 0 fully saturated rings. The topological polar surface area (TPSA) is 17.1 Å². The van der Waals surface area contributed by atoms with Gasteiger partial charge in [0.2, 0.25) is 0 Å². The normalized spacial score (nSPS) is 10.7. The molecule has 0 bridgehead atoms. The van der Waals surface area contributed by atoms with Crippen molar-refractivity contribution in [3.05, 3.63) is 69.8 Å². The number of aryl methyl sites for hydroxylation is 4. The Balaban J connectivity index is 2.01. The lowest BCUT2D eigenvalue weighted by Crippen LogP contribution is -2.08. The van der Waals surface area contributed by atoms with Crippen LogP contribution in [0.5, 0.6) is 0 Å². The Hall–Kier alpha value is -1.54. The fourth-order valence-electron chi connectivity index (χ4n) is 2.72. The minimum Gasteiger partial charge on any atom is -0.293 e. The van der Waals surface area contributed by atoms with Gasteiger partial charge in [-0.1, -0.05) is 42.0 Å². The first kappa shape index (κ1) is 15.8. The summed E-state index contributed by atoms with van der Waals surface area (Å²) in [5.74, 6) is 1.67. The van der Waals surface area contributed by atoms with Crippen molar-refractivity contribution >= 4 is 17.5 Å². The lowest BCUT2D eigenvalue weighted by atomic mass is 9.97. The third-order valence-electron chi connectivity index (χ3n) is 3.71. The molecular formula is C19H22OS. The van der Waals surface area contributed by atoms with Crippen LogP contribution in [-0.4, -0.2) is 11.5 Å². The van der Waals surface area contributed by atoms with Crippen LogP contribution in [0.25, 0.3) is 0 Å². The number of Topliss-reactive ketones (excluding diaryl/α,β-unsaturated/α-hetero) is 1. The Kier molecular flexibility index (Phi) is 5.24. The fourth-order valence-corrected chi connectivity index (χ4v) is 3.69. The van der Waals surface area contributed by atoms with E-state index in [1.54, 1.807) is 11.8 Å². The van der Waals surface area contributed by atoms with Gasteiger partial charge in [-0.05, 0) is 49.9 Å². The molecule has 0 atom stereocenters. The molecule has 2 aromatic carbocycles. The van der Waals surface area contributed by atoms with Crippen molar-refractivity contribution < 1.29 is 4.79 Å². The summed E-state index contributed by atoms with van der Waals surface area (Å²) in [6.45, 7) is 8.24. The number of hydrogen-bond acceptors (Lipinski definition) is 2. The minimum absolute atomic E-state index is 0.239. The van der Waals surface area contributed by atoms with Crippen molar-refractivity contribution in [2.24, 2.45) is 0 Å². The third kappa shape index (κ3) is 3.98. The molecule has 2 rings (SSSR count). The molecule has 0 aliphatic rings. The number of rotatable bonds is 5. The van der Waals surface area contributed by atoms with Gasteiger partial charge in [-0.3, -0.25) is 4.79 Å². The molecule has 0 spiro atoms. The van der Waals surface area contributed by atoms with Crippen molar-refractivity contribution in [3.8, 4) is 0 Å². The second-order valence-corrected chi connectivity index (χ2v) is 6.60. The number of thioether (sulfide) groups is 1. The van der Waals surface area contributed by atoms with E-state index in [1.165, 1.54) is 16.7 Å². The Morgan fingerprint density at radius 3 is 2.19 bits per heavy atom. The highest BCUT2D eigenvalue weighted by Gasteiger charge is 2.13. The molecule has 2 aromatic rings. The third-order valence-corrected chi connectivity index (χ3v) is 4.69. The van der Waals surface area contributed by atoms with E-state index in [1.807, 2.05) is 19.9 Å². The van der Waals surface area contributed by atoms with Gasteiger partial charge < -0.3 is 0 Å². The maximum absolute atomic E-state index is 12.5. The van der Waals surface area contributed by atoms with Crippen molar-refractivity contribution in [2.45, 2.75) is 33.4 Å². The first-order valence-electron chi connectivity index (χ1n) is 7.22. The lowest BCUT2D eigenvalue weighted by Gasteiger charge is -2.10. The van der Waals surface area contributed by atoms with Crippen molar-refractivity contribution in [3.63, 3.8) is 0 Å². The van der Waals surface area contributed by atoms with Crippen LogP contribution in [0.1, 0.15) is 38.2 Å². The number of benzene rings is 2. The summed E-state index contributed by atoms with van der Waals surface area (Å²) in [5.41, 5.74) is 6.91. The average Bonchev–Trinajstić information content (AvgIpc) is 2.39. The summed E-state index contributed by atoms with van der Waals surface area (Å²) in [7, 11) is 0. The van der Waals surface area contributed by atoms with Crippen LogP contribution in [-0.2, 0) is 5.75 Å². The summed E-state index contributed by atoms with van der Waals surface area (Å²) in [5, 5.41) is 0. The number of carbonyl (C=O) groups excluding carboxylic acids is 1. The van der Waals surface area contributed by atoms with Gasteiger partial charge in [-0.2, -0.15) is 0 Å². The molecule has 0 heterocycles. The quantitative estimate of drug-likeness (QED) is 0.720. The molecule has 21 heavy (non-hydrogen) atoms. The van der Waals surface area contributed by atoms with E-state index in [0.717, 1.165) is 22.4 Å². The number of hydrogen-bond donors (Lipinski definition) is 0. The molecule has 2 heteroatoms. The first-order chi connectivity index (χ1) is 9.99. The zero-order chi connectivity index (χ0) is 15.4. The monoisotopic (exact) mass is 298 g/mol. The Labute approximate surface area is 131 Å². The van der Waals surface area contributed by atoms with Crippen molar-refractivity contribution in [1.82, 2.24) is 0 Å². The molecule has 110 valence electrons. The number of carbonyl (C=O) groups is 1. The average molecular weight is 298 g/mol. The highest BCUT2D eigenvalue weighted by Crippen LogP contribution is 2.21. The van der Waals surface area contributed by atoms with Crippen molar-refractivity contribution in [2.75, 3.05) is 5.75 Å². The van der Waals surface area contributed by atoms with Gasteiger partial charge in [0.05, 0.1) is 5.75 Å². The summed E-state index contributed by atoms with van der Waals surface area (Å²) in [6.07, 6.45) is 0. The largest absolute Gasteiger partial charge is 0.293 e. The summed E-state index contributed by atoms with van der Waals surface area (Å²) >= 11 is 1.70. The van der Waals surface area contributed by atoms with Crippen LogP contribution in [0.15, 0.2) is 36.4 Å². The molecule has 0 saturated carbocycles. The van der Waals surface area contributed by atoms with Gasteiger partial charge >= 0.3 is 0 Å². The molecule has 0 N–H and O–H groups in total. The minimum atomic E-state index is 0.239. The van der Waals surface area contributed by atoms with E-state index < -0.39 is 0 Å². The molecular weight excluding hydrogens is 276 g/mol. The second kappa shape index (κ2) is 6.95. The molecule has 0 saturated heterocycles. The maximum Gasteiger partial charge on any atom is 0.173 e. The van der Waals surface area contributed by atoms with E-state index in [9.17, 15) is 4.79 Å². The Morgan fingerprint density at radius 1 is 0.952 bits per heavy atom. The van der Waals surface area contributed by atoms with Gasteiger partial charge in [-0.25, -0.2) is 0 Å². The summed E-state index contributed by atoms with van der Waals surface area (Å²) < 4.78 is 0. The predicted molar refractivity (Wildman–Crippen MR) is 92.3 cm³/mol. The molecule has 0 radical (unpaired) electrons. The standard InChI is InChI=1S/C19H22OS/c1-13-9-15(3)19(16(4)10-13)18(20)12-21-11-17-8-6-5-7-14(17)2/h5-10H,11-12H2,1-4H3. The highest BCUT2D eigenvalue weighted by atomic mass is 32.2. The van der Waals surface area contributed by atoms with Crippen LogP contribution in [0.4, 0.5) is 0 Å². The second-order valence-electron chi connectivity index (χ2n) is 5.62. The molecule has 0 aromatic heterocycles. The van der Waals surface area contributed by atoms with Gasteiger partial charge in [0.25, 0.3) is 0 Å². The molecule has 0 aliphatic carbocycles. The van der Waals surface area contributed by atoms with E-state index in [-0.39, 0.29) is 5.78 Å². The molecule has 0 unspecified atom stereocenters. The summed E-state index contributed by atoms with van der Waals surface area (Å²) in [4.78, 5) is 12.5. The zero-order valence-corrected chi connectivity index (χ0v) is 14.0. The van der Waals surface area contributed by atoms with E-state index >= 15 is 0 Å². The van der Waals surface area contributed by atoms with E-state index in [2.05, 4.69) is 44.2 Å². The predicted octanol–water partition coefficient (Wildman–Crippen LogP) is 5.04. The van der Waals surface area contributed by atoms with Gasteiger partial charge in [-0.15, -0.1) is 11.8 Å². The van der Waals surface area contributed by atoms with Gasteiger partial charge in [0.15, 0.2) is 5.78 Å². The van der Waals surface area contributed by atoms with Crippen LogP contribution < -0.4 is 0 Å². The van der Waals surface area contributed by atoms with Crippen LogP contribution in [0, 0.1) is 27.7 Å². The van der Waals surface area contributed by atoms with E-state index in [0.29, 0.717) is 5.75 Å². The van der Waals surface area contributed by atoms with Gasteiger partial charge in [0, 0.05) is 11.3 Å². The first-order valence-corrected chi connectivity index (χ1v) is 8.38. The van der Waals surface area contributed by atoms with Crippen LogP contribution >= 0.6 is 11.8 Å². The van der Waals surface area contributed by atoms with E-state index in [4.69, 9.17) is 0 Å². The van der Waals surface area contributed by atoms with Crippen LogP contribution in [0.3, 0.4) is 0 Å². The highest BCUT2D eigenvalue weighted by molar-refractivity contribution is 7.99. The summed E-state index contributed by atoms with van der Waals surface area (Å²) in [6, 6.07) is 12.5. The Bertz CT molecular complexity index is 635. The van der Waals surface area contributed by atoms with Crippen molar-refractivity contribution in [1.29, 1.82) is 0 Å².